The van der Waals surface area contributed by atoms with Gasteiger partial charge >= 0.3 is 0 Å². The van der Waals surface area contributed by atoms with Crippen LogP contribution in [0.25, 0.3) is 0 Å². The van der Waals surface area contributed by atoms with Gasteiger partial charge in [0.05, 0.1) is 6.04 Å². The van der Waals surface area contributed by atoms with E-state index in [9.17, 15) is 0 Å². The summed E-state index contributed by atoms with van der Waals surface area (Å²) in [5.41, 5.74) is 7.43. The Hall–Kier alpha value is -1.16. The van der Waals surface area contributed by atoms with Crippen LogP contribution in [0.4, 0.5) is 0 Å². The van der Waals surface area contributed by atoms with Crippen LogP contribution in [0.15, 0.2) is 42.5 Å². The minimum Gasteiger partial charge on any atom is -0.329 e. The first-order valence-electron chi connectivity index (χ1n) is 7.08. The van der Waals surface area contributed by atoms with Gasteiger partial charge in [0.15, 0.2) is 0 Å². The van der Waals surface area contributed by atoms with Crippen LogP contribution >= 0.6 is 11.3 Å². The molecule has 1 heterocycles. The van der Waals surface area contributed by atoms with Crippen molar-refractivity contribution >= 4 is 11.3 Å². The molecule has 3 heteroatoms. The first-order chi connectivity index (χ1) is 9.50. The third kappa shape index (κ3) is 3.92. The van der Waals surface area contributed by atoms with E-state index in [2.05, 4.69) is 62.5 Å². The van der Waals surface area contributed by atoms with Crippen LogP contribution in [0.2, 0.25) is 0 Å². The summed E-state index contributed by atoms with van der Waals surface area (Å²) in [7, 11) is 0. The van der Waals surface area contributed by atoms with Crippen LogP contribution in [0, 0.1) is 0 Å². The fourth-order valence-corrected chi connectivity index (χ4v) is 3.23. The minimum absolute atomic E-state index is 0.210. The summed E-state index contributed by atoms with van der Waals surface area (Å²) in [6, 6.07) is 15.1. The number of thiophene rings is 1. The Balaban J connectivity index is 2.03. The third-order valence-electron chi connectivity index (χ3n) is 3.34. The summed E-state index contributed by atoms with van der Waals surface area (Å²) in [4.78, 5) is 2.74. The molecule has 1 aromatic heterocycles. The smallest absolute Gasteiger partial charge is 0.0541 e. The second-order valence-electron chi connectivity index (χ2n) is 6.11. The van der Waals surface area contributed by atoms with Crippen LogP contribution in [0.3, 0.4) is 0 Å². The molecule has 1 unspecified atom stereocenters. The molecule has 0 bridgehead atoms. The standard InChI is InChI=1S/C17H24N2S/c1-17(2,3)16-10-9-15(20-16)14(11-18)19-12-13-7-5-4-6-8-13/h4-10,14,19H,11-12,18H2,1-3H3. The zero-order valence-corrected chi connectivity index (χ0v) is 13.3. The van der Waals surface area contributed by atoms with Crippen LogP contribution < -0.4 is 11.1 Å². The molecule has 108 valence electrons. The predicted molar refractivity (Wildman–Crippen MR) is 88.1 cm³/mol. The second-order valence-corrected chi connectivity index (χ2v) is 7.22. The number of benzene rings is 1. The van der Waals surface area contributed by atoms with E-state index in [1.165, 1.54) is 15.3 Å². The highest BCUT2D eigenvalue weighted by molar-refractivity contribution is 7.12. The Morgan fingerprint density at radius 3 is 2.35 bits per heavy atom. The summed E-state index contributed by atoms with van der Waals surface area (Å²) in [6.45, 7) is 8.22. The second kappa shape index (κ2) is 6.53. The lowest BCUT2D eigenvalue weighted by Crippen LogP contribution is -2.27. The van der Waals surface area contributed by atoms with E-state index in [4.69, 9.17) is 5.73 Å². The van der Waals surface area contributed by atoms with Crippen molar-refractivity contribution in [2.24, 2.45) is 5.73 Å². The molecule has 20 heavy (non-hydrogen) atoms. The van der Waals surface area contributed by atoms with Gasteiger partial charge in [-0.1, -0.05) is 51.1 Å². The maximum Gasteiger partial charge on any atom is 0.0541 e. The van der Waals surface area contributed by atoms with Gasteiger partial charge in [-0.25, -0.2) is 0 Å². The van der Waals surface area contributed by atoms with Crippen molar-refractivity contribution in [3.63, 3.8) is 0 Å². The third-order valence-corrected chi connectivity index (χ3v) is 4.97. The molecule has 0 aliphatic carbocycles. The van der Waals surface area contributed by atoms with Crippen molar-refractivity contribution in [2.45, 2.75) is 38.8 Å². The molecule has 0 radical (unpaired) electrons. The molecule has 2 rings (SSSR count). The Morgan fingerprint density at radius 2 is 1.80 bits per heavy atom. The average Bonchev–Trinajstić information content (AvgIpc) is 2.90. The zero-order valence-electron chi connectivity index (χ0n) is 12.5. The number of nitrogens with two attached hydrogens (primary N) is 1. The number of hydrogen-bond acceptors (Lipinski definition) is 3. The topological polar surface area (TPSA) is 38.0 Å². The normalized spacial score (nSPS) is 13.4. The Kier molecular flexibility index (Phi) is 4.97. The van der Waals surface area contributed by atoms with Crippen LogP contribution in [-0.2, 0) is 12.0 Å². The first kappa shape index (κ1) is 15.2. The van der Waals surface area contributed by atoms with Crippen LogP contribution in [-0.4, -0.2) is 6.54 Å². The maximum absolute atomic E-state index is 5.93. The zero-order chi connectivity index (χ0) is 14.6. The minimum atomic E-state index is 0.210. The molecular formula is C17H24N2S. The van der Waals surface area contributed by atoms with E-state index < -0.39 is 0 Å². The highest BCUT2D eigenvalue weighted by Gasteiger charge is 2.19. The number of hydrogen-bond donors (Lipinski definition) is 2. The van der Waals surface area contributed by atoms with Gasteiger partial charge in [0.25, 0.3) is 0 Å². The molecule has 3 N–H and O–H groups in total. The van der Waals surface area contributed by atoms with Gasteiger partial charge in [0.2, 0.25) is 0 Å². The maximum atomic E-state index is 5.93. The average molecular weight is 288 g/mol. The van der Waals surface area contributed by atoms with Crippen molar-refractivity contribution in [1.29, 1.82) is 0 Å². The summed E-state index contributed by atoms with van der Waals surface area (Å²) in [5, 5.41) is 3.55. The largest absolute Gasteiger partial charge is 0.329 e. The Labute approximate surface area is 126 Å². The quantitative estimate of drug-likeness (QED) is 0.877. The molecular weight excluding hydrogens is 264 g/mol. The molecule has 1 aromatic carbocycles. The monoisotopic (exact) mass is 288 g/mol. The van der Waals surface area contributed by atoms with E-state index in [1.54, 1.807) is 0 Å². The summed E-state index contributed by atoms with van der Waals surface area (Å²) < 4.78 is 0. The lowest BCUT2D eigenvalue weighted by molar-refractivity contribution is 0.549. The van der Waals surface area contributed by atoms with Gasteiger partial charge in [-0.3, -0.25) is 0 Å². The molecule has 0 aliphatic rings. The van der Waals surface area contributed by atoms with Crippen molar-refractivity contribution in [3.8, 4) is 0 Å². The fraction of sp³-hybridized carbons (Fsp3) is 0.412. The van der Waals surface area contributed by atoms with E-state index in [0.29, 0.717) is 6.54 Å². The highest BCUT2D eigenvalue weighted by Crippen LogP contribution is 2.32. The van der Waals surface area contributed by atoms with Crippen LogP contribution in [0.5, 0.6) is 0 Å². The van der Waals surface area contributed by atoms with E-state index >= 15 is 0 Å². The Bertz CT molecular complexity index is 525. The molecule has 0 fully saturated rings. The van der Waals surface area contributed by atoms with Crippen molar-refractivity contribution < 1.29 is 0 Å². The number of nitrogens with one attached hydrogen (secondary N) is 1. The lowest BCUT2D eigenvalue weighted by Gasteiger charge is -2.17. The van der Waals surface area contributed by atoms with Gasteiger partial charge in [-0.2, -0.15) is 0 Å². The molecule has 0 amide bonds. The molecule has 0 saturated heterocycles. The van der Waals surface area contributed by atoms with Gasteiger partial charge in [-0.05, 0) is 23.1 Å². The molecule has 0 aliphatic heterocycles. The summed E-state index contributed by atoms with van der Waals surface area (Å²) in [6.07, 6.45) is 0. The molecule has 0 spiro atoms. The molecule has 0 saturated carbocycles. The van der Waals surface area contributed by atoms with E-state index in [0.717, 1.165) is 6.54 Å². The Morgan fingerprint density at radius 1 is 1.10 bits per heavy atom. The van der Waals surface area contributed by atoms with Gasteiger partial charge in [0, 0.05) is 22.8 Å². The van der Waals surface area contributed by atoms with Crippen molar-refractivity contribution in [1.82, 2.24) is 5.32 Å². The van der Waals surface area contributed by atoms with Gasteiger partial charge in [-0.15, -0.1) is 11.3 Å². The van der Waals surface area contributed by atoms with Gasteiger partial charge in [0.1, 0.15) is 0 Å². The molecule has 1 atom stereocenters. The number of rotatable bonds is 5. The van der Waals surface area contributed by atoms with Crippen LogP contribution in [0.1, 0.15) is 42.1 Å². The van der Waals surface area contributed by atoms with Gasteiger partial charge < -0.3 is 11.1 Å². The molecule has 2 nitrogen and oxygen atoms in total. The van der Waals surface area contributed by atoms with Crippen molar-refractivity contribution in [2.75, 3.05) is 6.54 Å². The van der Waals surface area contributed by atoms with E-state index in [1.807, 2.05) is 17.4 Å². The SMILES string of the molecule is CC(C)(C)c1ccc(C(CN)NCc2ccccc2)s1. The lowest BCUT2D eigenvalue weighted by atomic mass is 9.95. The van der Waals surface area contributed by atoms with Crippen molar-refractivity contribution in [3.05, 3.63) is 57.8 Å². The predicted octanol–water partition coefficient (Wildman–Crippen LogP) is 3.84. The molecule has 2 aromatic rings. The summed E-state index contributed by atoms with van der Waals surface area (Å²) >= 11 is 1.87. The van der Waals surface area contributed by atoms with E-state index in [-0.39, 0.29) is 11.5 Å². The first-order valence-corrected chi connectivity index (χ1v) is 7.90. The summed E-state index contributed by atoms with van der Waals surface area (Å²) in [5.74, 6) is 0. The fourth-order valence-electron chi connectivity index (χ4n) is 2.08. The highest BCUT2D eigenvalue weighted by atomic mass is 32.1.